The Kier molecular flexibility index (Phi) is 8.13. The van der Waals surface area contributed by atoms with Gasteiger partial charge in [-0.1, -0.05) is 18.2 Å². The summed E-state index contributed by atoms with van der Waals surface area (Å²) in [4.78, 5) is 23.9. The highest BCUT2D eigenvalue weighted by atomic mass is 16.2. The standard InChI is InChI=1S/C23H36N6O/c1-4-24-23(27-19-11-14-29(15-12-19)17-22(30)28(2)3)25-13-7-8-18-16-26-21-10-6-5-9-20(18)21/h5-6,9-10,16,19,26H,4,7-8,11-15,17H2,1-3H3,(H2,24,25,27). The zero-order valence-electron chi connectivity index (χ0n) is 18.6. The molecular formula is C23H36N6O. The molecule has 30 heavy (non-hydrogen) atoms. The Bertz CT molecular complexity index is 835. The van der Waals surface area contributed by atoms with Gasteiger partial charge >= 0.3 is 0 Å². The van der Waals surface area contributed by atoms with Crippen molar-refractivity contribution in [1.29, 1.82) is 0 Å². The first-order valence-electron chi connectivity index (χ1n) is 11.1. The van der Waals surface area contributed by atoms with Crippen LogP contribution in [0.4, 0.5) is 0 Å². The monoisotopic (exact) mass is 412 g/mol. The largest absolute Gasteiger partial charge is 0.361 e. The van der Waals surface area contributed by atoms with Crippen LogP contribution in [0.2, 0.25) is 0 Å². The molecule has 7 nitrogen and oxygen atoms in total. The number of aromatic amines is 1. The number of nitrogens with one attached hydrogen (secondary N) is 3. The summed E-state index contributed by atoms with van der Waals surface area (Å²) in [5.74, 6) is 1.07. The Balaban J connectivity index is 1.44. The second-order valence-corrected chi connectivity index (χ2v) is 8.21. The number of fused-ring (bicyclic) bond motifs is 1. The Morgan fingerprint density at radius 2 is 2.03 bits per heavy atom. The Labute approximate surface area is 179 Å². The average Bonchev–Trinajstić information content (AvgIpc) is 3.15. The fourth-order valence-corrected chi connectivity index (χ4v) is 3.88. The number of hydrogen-bond acceptors (Lipinski definition) is 3. The Morgan fingerprint density at radius 1 is 1.27 bits per heavy atom. The van der Waals surface area contributed by atoms with Crippen LogP contribution in [0.1, 0.15) is 31.7 Å². The number of carbonyl (C=O) groups is 1. The lowest BCUT2D eigenvalue weighted by Gasteiger charge is -2.33. The maximum Gasteiger partial charge on any atom is 0.236 e. The highest BCUT2D eigenvalue weighted by Gasteiger charge is 2.22. The minimum Gasteiger partial charge on any atom is -0.361 e. The van der Waals surface area contributed by atoms with Gasteiger partial charge < -0.3 is 20.5 Å². The summed E-state index contributed by atoms with van der Waals surface area (Å²) in [7, 11) is 3.63. The van der Waals surface area contributed by atoms with Gasteiger partial charge in [0, 0.05) is 63.4 Å². The molecule has 1 aromatic carbocycles. The van der Waals surface area contributed by atoms with E-state index < -0.39 is 0 Å². The van der Waals surface area contributed by atoms with Crippen LogP contribution in [0.5, 0.6) is 0 Å². The molecule has 164 valence electrons. The normalized spacial score (nSPS) is 16.0. The van der Waals surface area contributed by atoms with Gasteiger partial charge in [-0.25, -0.2) is 0 Å². The summed E-state index contributed by atoms with van der Waals surface area (Å²) in [6.45, 7) is 6.14. The third-order valence-electron chi connectivity index (χ3n) is 5.68. The minimum absolute atomic E-state index is 0.173. The molecule has 0 atom stereocenters. The zero-order valence-corrected chi connectivity index (χ0v) is 18.6. The highest BCUT2D eigenvalue weighted by molar-refractivity contribution is 5.83. The first kappa shape index (κ1) is 22.2. The summed E-state index contributed by atoms with van der Waals surface area (Å²) >= 11 is 0. The summed E-state index contributed by atoms with van der Waals surface area (Å²) in [6, 6.07) is 8.85. The van der Waals surface area contributed by atoms with Crippen LogP contribution < -0.4 is 10.6 Å². The van der Waals surface area contributed by atoms with Crippen LogP contribution in [-0.2, 0) is 11.2 Å². The molecule has 0 radical (unpaired) electrons. The van der Waals surface area contributed by atoms with Crippen LogP contribution in [0, 0.1) is 0 Å². The third-order valence-corrected chi connectivity index (χ3v) is 5.68. The number of likely N-dealkylation sites (tertiary alicyclic amines) is 1. The maximum atomic E-state index is 11.9. The molecule has 1 fully saturated rings. The van der Waals surface area contributed by atoms with E-state index in [1.165, 1.54) is 16.5 Å². The highest BCUT2D eigenvalue weighted by Crippen LogP contribution is 2.18. The lowest BCUT2D eigenvalue weighted by Crippen LogP contribution is -2.50. The van der Waals surface area contributed by atoms with Crippen LogP contribution in [0.15, 0.2) is 35.5 Å². The fourth-order valence-electron chi connectivity index (χ4n) is 3.88. The summed E-state index contributed by atoms with van der Waals surface area (Å²) in [6.07, 6.45) is 6.21. The third kappa shape index (κ3) is 6.23. The van der Waals surface area contributed by atoms with Gasteiger partial charge in [0.1, 0.15) is 0 Å². The number of benzene rings is 1. The maximum absolute atomic E-state index is 11.9. The Morgan fingerprint density at radius 3 is 2.77 bits per heavy atom. The number of aliphatic imine (C=N–C) groups is 1. The first-order chi connectivity index (χ1) is 14.6. The molecule has 0 saturated carbocycles. The van der Waals surface area contributed by atoms with Crippen molar-refractivity contribution < 1.29 is 4.79 Å². The van der Waals surface area contributed by atoms with Crippen molar-refractivity contribution >= 4 is 22.8 Å². The first-order valence-corrected chi connectivity index (χ1v) is 11.1. The lowest BCUT2D eigenvalue weighted by atomic mass is 10.1. The van der Waals surface area contributed by atoms with Gasteiger partial charge in [0.15, 0.2) is 5.96 Å². The van der Waals surface area contributed by atoms with Crippen LogP contribution in [0.25, 0.3) is 10.9 Å². The fraction of sp³-hybridized carbons (Fsp3) is 0.565. The zero-order chi connectivity index (χ0) is 21.3. The average molecular weight is 413 g/mol. The van der Waals surface area contributed by atoms with Gasteiger partial charge in [-0.3, -0.25) is 14.7 Å². The van der Waals surface area contributed by atoms with E-state index in [1.807, 2.05) is 14.1 Å². The molecule has 7 heteroatoms. The predicted molar refractivity (Wildman–Crippen MR) is 124 cm³/mol. The number of carbonyl (C=O) groups excluding carboxylic acids is 1. The van der Waals surface area contributed by atoms with Gasteiger partial charge in [0.05, 0.1) is 6.54 Å². The van der Waals surface area contributed by atoms with E-state index in [9.17, 15) is 4.79 Å². The van der Waals surface area contributed by atoms with Crippen molar-refractivity contribution in [1.82, 2.24) is 25.4 Å². The SMILES string of the molecule is CCNC(=NCCCc1c[nH]c2ccccc12)NC1CCN(CC(=O)N(C)C)CC1. The number of nitrogens with zero attached hydrogens (tertiary/aromatic N) is 3. The van der Waals surface area contributed by atoms with E-state index in [0.29, 0.717) is 12.6 Å². The lowest BCUT2D eigenvalue weighted by molar-refractivity contribution is -0.130. The van der Waals surface area contributed by atoms with Crippen molar-refractivity contribution in [2.45, 2.75) is 38.6 Å². The summed E-state index contributed by atoms with van der Waals surface area (Å²) in [5, 5.41) is 8.27. The van der Waals surface area contributed by atoms with E-state index in [2.05, 4.69) is 57.9 Å². The van der Waals surface area contributed by atoms with Crippen molar-refractivity contribution in [3.8, 4) is 0 Å². The smallest absolute Gasteiger partial charge is 0.236 e. The summed E-state index contributed by atoms with van der Waals surface area (Å²) in [5.41, 5.74) is 2.56. The molecule has 1 saturated heterocycles. The van der Waals surface area contributed by atoms with Crippen molar-refractivity contribution in [3.05, 3.63) is 36.0 Å². The molecule has 3 N–H and O–H groups in total. The molecule has 1 amide bonds. The van der Waals surface area contributed by atoms with Crippen molar-refractivity contribution in [2.75, 3.05) is 46.8 Å². The number of aryl methyl sites for hydroxylation is 1. The van der Waals surface area contributed by atoms with Crippen LogP contribution >= 0.6 is 0 Å². The van der Waals surface area contributed by atoms with E-state index in [0.717, 1.165) is 57.8 Å². The topological polar surface area (TPSA) is 75.8 Å². The van der Waals surface area contributed by atoms with Gasteiger partial charge in [0.25, 0.3) is 0 Å². The quantitative estimate of drug-likeness (QED) is 0.353. The molecular weight excluding hydrogens is 376 g/mol. The van der Waals surface area contributed by atoms with E-state index in [1.54, 1.807) is 4.90 Å². The molecule has 2 heterocycles. The molecule has 0 unspecified atom stereocenters. The molecule has 0 spiro atoms. The Hall–Kier alpha value is -2.54. The van der Waals surface area contributed by atoms with Crippen molar-refractivity contribution in [2.24, 2.45) is 4.99 Å². The van der Waals surface area contributed by atoms with E-state index >= 15 is 0 Å². The number of likely N-dealkylation sites (N-methyl/N-ethyl adjacent to an activating group) is 1. The molecule has 2 aromatic rings. The van der Waals surface area contributed by atoms with Gasteiger partial charge in [-0.15, -0.1) is 0 Å². The number of aromatic nitrogens is 1. The molecule has 0 aliphatic carbocycles. The number of piperidine rings is 1. The number of para-hydroxylation sites is 1. The van der Waals surface area contributed by atoms with Crippen LogP contribution in [-0.4, -0.2) is 79.5 Å². The van der Waals surface area contributed by atoms with E-state index in [-0.39, 0.29) is 5.91 Å². The van der Waals surface area contributed by atoms with Gasteiger partial charge in [-0.2, -0.15) is 0 Å². The van der Waals surface area contributed by atoms with Gasteiger partial charge in [0.2, 0.25) is 5.91 Å². The molecule has 1 aliphatic heterocycles. The number of hydrogen-bond donors (Lipinski definition) is 3. The molecule has 0 bridgehead atoms. The molecule has 3 rings (SSSR count). The van der Waals surface area contributed by atoms with Crippen molar-refractivity contribution in [3.63, 3.8) is 0 Å². The number of guanidine groups is 1. The number of rotatable bonds is 8. The molecule has 1 aliphatic rings. The number of H-pyrrole nitrogens is 1. The second-order valence-electron chi connectivity index (χ2n) is 8.21. The molecule has 1 aromatic heterocycles. The van der Waals surface area contributed by atoms with E-state index in [4.69, 9.17) is 4.99 Å². The van der Waals surface area contributed by atoms with Gasteiger partial charge in [-0.05, 0) is 44.2 Å². The number of amides is 1. The minimum atomic E-state index is 0.173. The van der Waals surface area contributed by atoms with Crippen LogP contribution in [0.3, 0.4) is 0 Å². The predicted octanol–water partition coefficient (Wildman–Crippen LogP) is 2.21. The summed E-state index contributed by atoms with van der Waals surface area (Å²) < 4.78 is 0. The second kappa shape index (κ2) is 11.0.